The first-order valence-corrected chi connectivity index (χ1v) is 6.23. The van der Waals surface area contributed by atoms with Crippen LogP contribution in [0.2, 0.25) is 0 Å². The van der Waals surface area contributed by atoms with E-state index in [1.165, 1.54) is 0 Å². The Morgan fingerprint density at radius 2 is 2.40 bits per heavy atom. The third-order valence-electron chi connectivity index (χ3n) is 2.13. The zero-order valence-corrected chi connectivity index (χ0v) is 9.01. The van der Waals surface area contributed by atoms with Gasteiger partial charge in [-0.25, -0.2) is 4.57 Å². The number of hydrogen-bond acceptors (Lipinski definition) is 5. The summed E-state index contributed by atoms with van der Waals surface area (Å²) in [6.07, 6.45) is 6.84. The maximum atomic E-state index is 11.9. The third-order valence-corrected chi connectivity index (χ3v) is 3.65. The molecule has 2 aliphatic heterocycles. The number of phosphoric ester groups is 1. The van der Waals surface area contributed by atoms with Crippen molar-refractivity contribution in [3.8, 4) is 0 Å². The Balaban J connectivity index is 2.11. The maximum Gasteiger partial charge on any atom is 0.476 e. The van der Waals surface area contributed by atoms with Gasteiger partial charge in [-0.3, -0.25) is 13.6 Å². The van der Waals surface area contributed by atoms with Gasteiger partial charge in [0.15, 0.2) is 0 Å². The Morgan fingerprint density at radius 3 is 3.20 bits per heavy atom. The molecule has 1 fully saturated rings. The predicted molar refractivity (Wildman–Crippen MR) is 53.3 cm³/mol. The molecule has 0 aliphatic carbocycles. The second-order valence-corrected chi connectivity index (χ2v) is 4.88. The van der Waals surface area contributed by atoms with Crippen LogP contribution in [0.4, 0.5) is 0 Å². The molecule has 0 spiro atoms. The fourth-order valence-corrected chi connectivity index (χ4v) is 2.93. The van der Waals surface area contributed by atoms with E-state index in [9.17, 15) is 4.57 Å². The molecule has 2 aliphatic rings. The number of hydrogen-bond donors (Lipinski definition) is 1. The first-order valence-electron chi connectivity index (χ1n) is 4.77. The molecule has 0 aromatic heterocycles. The van der Waals surface area contributed by atoms with Crippen LogP contribution in [0.25, 0.3) is 0 Å². The Morgan fingerprint density at radius 1 is 1.53 bits per heavy atom. The lowest BCUT2D eigenvalue weighted by Crippen LogP contribution is -2.25. The number of aliphatic hydroxyl groups is 1. The van der Waals surface area contributed by atoms with Crippen LogP contribution >= 0.6 is 7.82 Å². The van der Waals surface area contributed by atoms with Gasteiger partial charge in [-0.2, -0.15) is 0 Å². The Hall–Kier alpha value is -0.450. The fraction of sp³-hybridized carbons (Fsp3) is 0.556. The van der Waals surface area contributed by atoms with Crippen LogP contribution in [0.5, 0.6) is 0 Å². The average molecular weight is 232 g/mol. The lowest BCUT2D eigenvalue weighted by atomic mass is 10.1. The van der Waals surface area contributed by atoms with E-state index in [-0.39, 0.29) is 25.4 Å². The van der Waals surface area contributed by atoms with Crippen molar-refractivity contribution < 1.29 is 23.2 Å². The minimum Gasteiger partial charge on any atom is -0.392 e. The summed E-state index contributed by atoms with van der Waals surface area (Å²) in [4.78, 5) is 0. The van der Waals surface area contributed by atoms with E-state index in [1.54, 1.807) is 18.2 Å². The van der Waals surface area contributed by atoms with Crippen LogP contribution < -0.4 is 0 Å². The normalized spacial score (nSPS) is 40.6. The smallest absolute Gasteiger partial charge is 0.392 e. The van der Waals surface area contributed by atoms with Crippen LogP contribution in [0, 0.1) is 0 Å². The van der Waals surface area contributed by atoms with Crippen molar-refractivity contribution in [2.45, 2.75) is 18.6 Å². The van der Waals surface area contributed by atoms with Crippen LogP contribution in [-0.2, 0) is 18.1 Å². The standard InChI is InChI=1S/C9H13O5P/c10-5-1-3-8-7-9-4-2-6-12-15(11,13-8)14-9/h1-4,8-10H,5-7H2/b3-1+/t8-,9-,15?/m0/s1. The number of rotatable bonds is 2. The van der Waals surface area contributed by atoms with Crippen LogP contribution in [0.3, 0.4) is 0 Å². The molecule has 1 saturated heterocycles. The highest BCUT2D eigenvalue weighted by molar-refractivity contribution is 7.48. The van der Waals surface area contributed by atoms with Crippen molar-refractivity contribution in [2.24, 2.45) is 0 Å². The molecule has 1 N–H and O–H groups in total. The second kappa shape index (κ2) is 4.60. The molecule has 0 aromatic rings. The zero-order chi connectivity index (χ0) is 10.7. The van der Waals surface area contributed by atoms with Gasteiger partial charge in [0, 0.05) is 6.42 Å². The van der Waals surface area contributed by atoms with Gasteiger partial charge in [-0.15, -0.1) is 0 Å². The SMILES string of the molecule is O=P12OCC=C[C@@H](C[C@H](/C=C/CO)O1)O2. The van der Waals surface area contributed by atoms with Crippen LogP contribution in [0.15, 0.2) is 24.3 Å². The monoisotopic (exact) mass is 232 g/mol. The lowest BCUT2D eigenvalue weighted by Gasteiger charge is -2.29. The summed E-state index contributed by atoms with van der Waals surface area (Å²) < 4.78 is 27.2. The molecule has 84 valence electrons. The summed E-state index contributed by atoms with van der Waals surface area (Å²) in [5.41, 5.74) is 0. The van der Waals surface area contributed by atoms with Crippen LogP contribution in [-0.4, -0.2) is 30.5 Å². The summed E-state index contributed by atoms with van der Waals surface area (Å²) in [6, 6.07) is 0. The summed E-state index contributed by atoms with van der Waals surface area (Å²) >= 11 is 0. The summed E-state index contributed by atoms with van der Waals surface area (Å²) in [6.45, 7) is 0.177. The molecule has 0 saturated carbocycles. The lowest BCUT2D eigenvalue weighted by molar-refractivity contribution is 0.0314. The largest absolute Gasteiger partial charge is 0.476 e. The molecule has 2 rings (SSSR count). The maximum absolute atomic E-state index is 11.9. The van der Waals surface area contributed by atoms with Crippen molar-refractivity contribution in [3.63, 3.8) is 0 Å². The van der Waals surface area contributed by atoms with Gasteiger partial charge in [0.05, 0.1) is 25.4 Å². The number of phosphoric acid groups is 1. The molecule has 2 bridgehead atoms. The van der Waals surface area contributed by atoms with Gasteiger partial charge in [-0.05, 0) is 0 Å². The minimum absolute atomic E-state index is 0.0631. The predicted octanol–water partition coefficient (Wildman–Crippen LogP) is 1.40. The van der Waals surface area contributed by atoms with Crippen molar-refractivity contribution in [1.82, 2.24) is 0 Å². The Bertz CT molecular complexity index is 324. The number of aliphatic hydroxyl groups excluding tert-OH is 1. The van der Waals surface area contributed by atoms with E-state index in [0.29, 0.717) is 6.42 Å². The van der Waals surface area contributed by atoms with Gasteiger partial charge >= 0.3 is 7.82 Å². The average Bonchev–Trinajstić information content (AvgIpc) is 2.33. The summed E-state index contributed by atoms with van der Waals surface area (Å²) in [5, 5.41) is 8.63. The quantitative estimate of drug-likeness (QED) is 0.576. The highest BCUT2D eigenvalue weighted by atomic mass is 31.2. The Labute approximate surface area is 88.0 Å². The zero-order valence-electron chi connectivity index (χ0n) is 8.11. The first-order chi connectivity index (χ1) is 7.22. The summed E-state index contributed by atoms with van der Waals surface area (Å²) in [5.74, 6) is 0. The van der Waals surface area contributed by atoms with Crippen molar-refractivity contribution in [1.29, 1.82) is 0 Å². The van der Waals surface area contributed by atoms with Gasteiger partial charge < -0.3 is 5.11 Å². The van der Waals surface area contributed by atoms with Gasteiger partial charge in [0.1, 0.15) is 0 Å². The van der Waals surface area contributed by atoms with Crippen LogP contribution in [0.1, 0.15) is 6.42 Å². The third kappa shape index (κ3) is 2.77. The van der Waals surface area contributed by atoms with Crippen molar-refractivity contribution in [3.05, 3.63) is 24.3 Å². The molecule has 0 radical (unpaired) electrons. The molecule has 5 nitrogen and oxygen atoms in total. The van der Waals surface area contributed by atoms with Gasteiger partial charge in [0.2, 0.25) is 0 Å². The molecule has 3 atom stereocenters. The van der Waals surface area contributed by atoms with Gasteiger partial charge in [0.25, 0.3) is 0 Å². The molecule has 6 heteroatoms. The molecule has 0 aromatic carbocycles. The first kappa shape index (κ1) is 11.0. The van der Waals surface area contributed by atoms with E-state index < -0.39 is 7.82 Å². The van der Waals surface area contributed by atoms with Gasteiger partial charge in [-0.1, -0.05) is 24.3 Å². The molecule has 0 amide bonds. The van der Waals surface area contributed by atoms with E-state index in [2.05, 4.69) is 0 Å². The minimum atomic E-state index is -3.40. The topological polar surface area (TPSA) is 65.0 Å². The molecule has 1 unspecified atom stereocenters. The highest BCUT2D eigenvalue weighted by Crippen LogP contribution is 2.56. The van der Waals surface area contributed by atoms with E-state index in [1.807, 2.05) is 6.08 Å². The molecule has 15 heavy (non-hydrogen) atoms. The molecular weight excluding hydrogens is 219 g/mol. The molecule has 2 heterocycles. The van der Waals surface area contributed by atoms with E-state index >= 15 is 0 Å². The van der Waals surface area contributed by atoms with E-state index in [0.717, 1.165) is 0 Å². The fourth-order valence-electron chi connectivity index (χ4n) is 1.51. The van der Waals surface area contributed by atoms with E-state index in [4.69, 9.17) is 18.7 Å². The Kier molecular flexibility index (Phi) is 3.38. The highest BCUT2D eigenvalue weighted by Gasteiger charge is 2.39. The second-order valence-electron chi connectivity index (χ2n) is 3.31. The summed E-state index contributed by atoms with van der Waals surface area (Å²) in [7, 11) is -3.40. The number of fused-ring (bicyclic) bond motifs is 2. The van der Waals surface area contributed by atoms with Crippen molar-refractivity contribution in [2.75, 3.05) is 13.2 Å². The molecular formula is C9H13O5P. The van der Waals surface area contributed by atoms with Crippen molar-refractivity contribution >= 4 is 7.82 Å².